The molecule has 0 aliphatic carbocycles. The molecule has 166 valence electrons. The number of aryl methyl sites for hydroxylation is 1. The number of hydrogen-bond donors (Lipinski definition) is 2. The molecule has 10 nitrogen and oxygen atoms in total. The van der Waals surface area contributed by atoms with E-state index in [2.05, 4.69) is 35.1 Å². The van der Waals surface area contributed by atoms with Crippen molar-refractivity contribution in [3.05, 3.63) is 83.2 Å². The molecule has 0 spiro atoms. The Morgan fingerprint density at radius 2 is 1.52 bits per heavy atom. The largest absolute Gasteiger partial charge is 0.506 e. The van der Waals surface area contributed by atoms with Gasteiger partial charge in [0.05, 0.1) is 29.5 Å². The zero-order valence-electron chi connectivity index (χ0n) is 17.5. The van der Waals surface area contributed by atoms with Crippen molar-refractivity contribution >= 4 is 29.2 Å². The van der Waals surface area contributed by atoms with Crippen molar-refractivity contribution in [2.45, 2.75) is 20.0 Å². The minimum Gasteiger partial charge on any atom is -0.506 e. The van der Waals surface area contributed by atoms with E-state index in [4.69, 9.17) is 11.6 Å². The second kappa shape index (κ2) is 9.96. The quantitative estimate of drug-likeness (QED) is 0.379. The Bertz CT molecular complexity index is 1230. The van der Waals surface area contributed by atoms with Crippen LogP contribution in [0.1, 0.15) is 17.2 Å². The van der Waals surface area contributed by atoms with E-state index < -0.39 is 0 Å². The number of azo groups is 1. The van der Waals surface area contributed by atoms with Crippen molar-refractivity contribution in [2.24, 2.45) is 10.2 Å². The maximum atomic E-state index is 9.97. The molecule has 11 heteroatoms. The lowest BCUT2D eigenvalue weighted by Crippen LogP contribution is -2.25. The summed E-state index contributed by atoms with van der Waals surface area (Å²) < 4.78 is 0. The maximum absolute atomic E-state index is 9.97. The monoisotopic (exact) mass is 462 g/mol. The van der Waals surface area contributed by atoms with E-state index >= 15 is 0 Å². The van der Waals surface area contributed by atoms with Gasteiger partial charge in [-0.05, 0) is 37.3 Å². The van der Waals surface area contributed by atoms with Gasteiger partial charge in [0.1, 0.15) is 23.0 Å². The van der Waals surface area contributed by atoms with Crippen LogP contribution >= 0.6 is 11.6 Å². The molecule has 3 heterocycles. The molecule has 0 radical (unpaired) electrons. The second-order valence-corrected chi connectivity index (χ2v) is 7.38. The summed E-state index contributed by atoms with van der Waals surface area (Å²) in [6.07, 6.45) is 3.45. The zero-order valence-corrected chi connectivity index (χ0v) is 18.3. The fourth-order valence-corrected chi connectivity index (χ4v) is 3.09. The van der Waals surface area contributed by atoms with Gasteiger partial charge < -0.3 is 15.1 Å². The first kappa shape index (κ1) is 22.0. The number of anilines is 1. The van der Waals surface area contributed by atoms with Crippen LogP contribution < -0.4 is 4.90 Å². The van der Waals surface area contributed by atoms with Crippen LogP contribution in [0.4, 0.5) is 17.6 Å². The fourth-order valence-electron chi connectivity index (χ4n) is 2.93. The average Bonchev–Trinajstić information content (AvgIpc) is 2.81. The Hall–Kier alpha value is -4.18. The molecule has 4 aromatic rings. The van der Waals surface area contributed by atoms with Gasteiger partial charge in [0.25, 0.3) is 5.95 Å². The summed E-state index contributed by atoms with van der Waals surface area (Å²) >= 11 is 5.89. The molecule has 0 atom stereocenters. The van der Waals surface area contributed by atoms with Crippen LogP contribution in [0.25, 0.3) is 0 Å². The fraction of sp³-hybridized carbons (Fsp3) is 0.136. The lowest BCUT2D eigenvalue weighted by atomic mass is 10.3. The van der Waals surface area contributed by atoms with Gasteiger partial charge in [-0.1, -0.05) is 23.7 Å². The van der Waals surface area contributed by atoms with Crippen molar-refractivity contribution in [3.8, 4) is 11.5 Å². The molecule has 3 aromatic heterocycles. The van der Waals surface area contributed by atoms with Gasteiger partial charge in [0, 0.05) is 18.5 Å². The predicted molar refractivity (Wildman–Crippen MR) is 122 cm³/mol. The molecule has 0 aliphatic rings. The lowest BCUT2D eigenvalue weighted by Gasteiger charge is -2.22. The third kappa shape index (κ3) is 5.74. The third-order valence-electron chi connectivity index (χ3n) is 4.46. The van der Waals surface area contributed by atoms with Gasteiger partial charge in [-0.25, -0.2) is 0 Å². The van der Waals surface area contributed by atoms with Gasteiger partial charge in [0.2, 0.25) is 5.95 Å². The third-order valence-corrected chi connectivity index (χ3v) is 4.76. The predicted octanol–water partition coefficient (Wildman–Crippen LogP) is 4.66. The zero-order chi connectivity index (χ0) is 23.2. The highest BCUT2D eigenvalue weighted by molar-refractivity contribution is 6.32. The number of phenols is 2. The molecule has 0 unspecified atom stereocenters. The summed E-state index contributed by atoms with van der Waals surface area (Å²) in [6, 6.07) is 13.7. The first-order valence-corrected chi connectivity index (χ1v) is 10.3. The highest BCUT2D eigenvalue weighted by atomic mass is 35.5. The highest BCUT2D eigenvalue weighted by Gasteiger charge is 2.15. The number of halogens is 1. The van der Waals surface area contributed by atoms with Gasteiger partial charge in [-0.15, -0.1) is 10.2 Å². The number of aromatic nitrogens is 5. The Kier molecular flexibility index (Phi) is 6.65. The van der Waals surface area contributed by atoms with Crippen LogP contribution in [0.5, 0.6) is 11.5 Å². The standard InChI is InChI=1S/C22H19ClN8O2/c1-14-26-21(30-29-18-10-17(23)19(32)11-20(18)33)28-22(27-14)31(12-15-6-2-4-8-24-15)13-16-7-3-5-9-25-16/h2-11,32-33H,12-13H2,1H3. The van der Waals surface area contributed by atoms with E-state index in [1.165, 1.54) is 6.07 Å². The van der Waals surface area contributed by atoms with Gasteiger partial charge in [-0.2, -0.15) is 15.0 Å². The normalized spacial score (nSPS) is 11.1. The van der Waals surface area contributed by atoms with E-state index in [9.17, 15) is 10.2 Å². The summed E-state index contributed by atoms with van der Waals surface area (Å²) in [6.45, 7) is 2.59. The summed E-state index contributed by atoms with van der Waals surface area (Å²) in [5, 5.41) is 27.6. The Labute approximate surface area is 194 Å². The molecule has 0 saturated heterocycles. The summed E-state index contributed by atoms with van der Waals surface area (Å²) in [5.74, 6) is 0.326. The first-order valence-electron chi connectivity index (χ1n) is 9.88. The number of rotatable bonds is 7. The molecule has 0 fully saturated rings. The highest BCUT2D eigenvalue weighted by Crippen LogP contribution is 2.36. The number of phenolic OH excluding ortho intramolecular Hbond substituents is 2. The van der Waals surface area contributed by atoms with Gasteiger partial charge in [0.15, 0.2) is 0 Å². The molecule has 4 rings (SSSR count). The maximum Gasteiger partial charge on any atom is 0.273 e. The Balaban J connectivity index is 1.66. The van der Waals surface area contributed by atoms with Crippen LogP contribution in [-0.4, -0.2) is 35.1 Å². The van der Waals surface area contributed by atoms with Crippen LogP contribution in [0.3, 0.4) is 0 Å². The van der Waals surface area contributed by atoms with E-state index in [1.807, 2.05) is 41.3 Å². The SMILES string of the molecule is Cc1nc(N=Nc2cc(Cl)c(O)cc2O)nc(N(Cc2ccccn2)Cc2ccccn2)n1. The van der Waals surface area contributed by atoms with E-state index in [1.54, 1.807) is 19.3 Å². The Morgan fingerprint density at radius 1 is 0.848 bits per heavy atom. The molecule has 0 aliphatic heterocycles. The lowest BCUT2D eigenvalue weighted by molar-refractivity contribution is 0.451. The van der Waals surface area contributed by atoms with E-state index in [0.29, 0.717) is 24.9 Å². The second-order valence-electron chi connectivity index (χ2n) is 6.97. The van der Waals surface area contributed by atoms with Gasteiger partial charge >= 0.3 is 0 Å². The molecular formula is C22H19ClN8O2. The first-order chi connectivity index (χ1) is 16.0. The van der Waals surface area contributed by atoms with E-state index in [-0.39, 0.29) is 28.2 Å². The van der Waals surface area contributed by atoms with Gasteiger partial charge in [-0.3, -0.25) is 9.97 Å². The van der Waals surface area contributed by atoms with Crippen LogP contribution in [0.15, 0.2) is 71.2 Å². The van der Waals surface area contributed by atoms with Crippen molar-refractivity contribution in [2.75, 3.05) is 4.90 Å². The smallest absolute Gasteiger partial charge is 0.273 e. The Morgan fingerprint density at radius 3 is 2.12 bits per heavy atom. The number of hydrogen-bond acceptors (Lipinski definition) is 10. The van der Waals surface area contributed by atoms with Crippen LogP contribution in [-0.2, 0) is 13.1 Å². The topological polar surface area (TPSA) is 133 Å². The molecule has 0 saturated carbocycles. The molecule has 0 amide bonds. The molecule has 33 heavy (non-hydrogen) atoms. The van der Waals surface area contributed by atoms with Crippen molar-refractivity contribution < 1.29 is 10.2 Å². The molecule has 2 N–H and O–H groups in total. The minimum atomic E-state index is -0.279. The number of pyridine rings is 2. The minimum absolute atomic E-state index is 0.0335. The summed E-state index contributed by atoms with van der Waals surface area (Å²) in [5.41, 5.74) is 1.73. The van der Waals surface area contributed by atoms with Crippen molar-refractivity contribution in [1.29, 1.82) is 0 Å². The summed E-state index contributed by atoms with van der Waals surface area (Å²) in [4.78, 5) is 23.8. The summed E-state index contributed by atoms with van der Waals surface area (Å²) in [7, 11) is 0. The van der Waals surface area contributed by atoms with Crippen molar-refractivity contribution in [3.63, 3.8) is 0 Å². The number of aromatic hydroxyl groups is 2. The average molecular weight is 463 g/mol. The van der Waals surface area contributed by atoms with Crippen molar-refractivity contribution in [1.82, 2.24) is 24.9 Å². The number of nitrogens with zero attached hydrogens (tertiary/aromatic N) is 8. The molecular weight excluding hydrogens is 444 g/mol. The molecule has 1 aromatic carbocycles. The molecule has 0 bridgehead atoms. The van der Waals surface area contributed by atoms with Crippen LogP contribution in [0, 0.1) is 6.92 Å². The van der Waals surface area contributed by atoms with E-state index in [0.717, 1.165) is 17.5 Å². The van der Waals surface area contributed by atoms with Crippen LogP contribution in [0.2, 0.25) is 5.02 Å². The number of benzene rings is 1.